The van der Waals surface area contributed by atoms with E-state index in [1.807, 2.05) is 17.0 Å². The fourth-order valence-corrected chi connectivity index (χ4v) is 1.97. The standard InChI is InChI=1S/C12H16N2O/c1-9(13)12(15)14-7-6-10-4-2-3-5-11(10)8-14/h2-5,9H,6-8,13H2,1H3/t9-/m1/s1. The van der Waals surface area contributed by atoms with Gasteiger partial charge in [0.1, 0.15) is 0 Å². The summed E-state index contributed by atoms with van der Waals surface area (Å²) in [5.74, 6) is 0.0458. The second-order valence-corrected chi connectivity index (χ2v) is 4.07. The van der Waals surface area contributed by atoms with Crippen molar-refractivity contribution in [1.29, 1.82) is 0 Å². The van der Waals surface area contributed by atoms with E-state index in [0.29, 0.717) is 6.54 Å². The number of carbonyl (C=O) groups is 1. The SMILES string of the molecule is C[C@@H](N)C(=O)N1CCc2ccccc2C1. The maximum atomic E-state index is 11.7. The normalized spacial score (nSPS) is 17.1. The average Bonchev–Trinajstić information content (AvgIpc) is 2.27. The van der Waals surface area contributed by atoms with Gasteiger partial charge in [0, 0.05) is 13.1 Å². The molecule has 1 aliphatic rings. The highest BCUT2D eigenvalue weighted by atomic mass is 16.2. The van der Waals surface area contributed by atoms with Gasteiger partial charge in [0.25, 0.3) is 0 Å². The molecular formula is C12H16N2O. The van der Waals surface area contributed by atoms with Crippen LogP contribution in [0.4, 0.5) is 0 Å². The van der Waals surface area contributed by atoms with Crippen LogP contribution in [0.5, 0.6) is 0 Å². The van der Waals surface area contributed by atoms with Crippen molar-refractivity contribution in [3.8, 4) is 0 Å². The van der Waals surface area contributed by atoms with Crippen molar-refractivity contribution in [2.24, 2.45) is 5.73 Å². The van der Waals surface area contributed by atoms with Crippen molar-refractivity contribution in [2.75, 3.05) is 6.54 Å². The van der Waals surface area contributed by atoms with Gasteiger partial charge in [-0.25, -0.2) is 0 Å². The lowest BCUT2D eigenvalue weighted by Crippen LogP contribution is -2.44. The van der Waals surface area contributed by atoms with E-state index in [4.69, 9.17) is 5.73 Å². The fraction of sp³-hybridized carbons (Fsp3) is 0.417. The molecule has 1 aromatic carbocycles. The van der Waals surface area contributed by atoms with Crippen LogP contribution in [0.3, 0.4) is 0 Å². The van der Waals surface area contributed by atoms with Gasteiger partial charge in [-0.2, -0.15) is 0 Å². The van der Waals surface area contributed by atoms with Gasteiger partial charge in [0.2, 0.25) is 5.91 Å². The molecule has 3 heteroatoms. The zero-order valence-electron chi connectivity index (χ0n) is 8.94. The van der Waals surface area contributed by atoms with Gasteiger partial charge in [-0.3, -0.25) is 4.79 Å². The summed E-state index contributed by atoms with van der Waals surface area (Å²) in [5, 5.41) is 0. The predicted molar refractivity (Wildman–Crippen MR) is 59.2 cm³/mol. The maximum absolute atomic E-state index is 11.7. The van der Waals surface area contributed by atoms with E-state index in [-0.39, 0.29) is 5.91 Å². The Hall–Kier alpha value is -1.35. The minimum Gasteiger partial charge on any atom is -0.337 e. The van der Waals surface area contributed by atoms with Crippen LogP contribution >= 0.6 is 0 Å². The number of nitrogens with two attached hydrogens (primary N) is 1. The smallest absolute Gasteiger partial charge is 0.239 e. The van der Waals surface area contributed by atoms with Crippen LogP contribution in [0.2, 0.25) is 0 Å². The zero-order valence-corrected chi connectivity index (χ0v) is 8.94. The molecule has 0 saturated heterocycles. The first-order chi connectivity index (χ1) is 7.18. The highest BCUT2D eigenvalue weighted by Crippen LogP contribution is 2.18. The van der Waals surface area contributed by atoms with Crippen LogP contribution in [0.25, 0.3) is 0 Å². The first-order valence-electron chi connectivity index (χ1n) is 5.29. The third-order valence-electron chi connectivity index (χ3n) is 2.83. The van der Waals surface area contributed by atoms with E-state index >= 15 is 0 Å². The number of rotatable bonds is 1. The Bertz CT molecular complexity index is 374. The number of amides is 1. The van der Waals surface area contributed by atoms with E-state index in [9.17, 15) is 4.79 Å². The lowest BCUT2D eigenvalue weighted by molar-refractivity contribution is -0.133. The molecule has 1 aromatic rings. The van der Waals surface area contributed by atoms with Crippen molar-refractivity contribution < 1.29 is 4.79 Å². The molecule has 1 atom stereocenters. The second-order valence-electron chi connectivity index (χ2n) is 4.07. The molecule has 0 saturated carbocycles. The molecule has 1 heterocycles. The van der Waals surface area contributed by atoms with E-state index in [0.717, 1.165) is 13.0 Å². The van der Waals surface area contributed by atoms with Gasteiger partial charge in [0.15, 0.2) is 0 Å². The largest absolute Gasteiger partial charge is 0.337 e. The Morgan fingerprint density at radius 1 is 1.40 bits per heavy atom. The maximum Gasteiger partial charge on any atom is 0.239 e. The Morgan fingerprint density at radius 3 is 2.73 bits per heavy atom. The summed E-state index contributed by atoms with van der Waals surface area (Å²) >= 11 is 0. The van der Waals surface area contributed by atoms with Crippen LogP contribution in [-0.4, -0.2) is 23.4 Å². The van der Waals surface area contributed by atoms with Gasteiger partial charge >= 0.3 is 0 Å². The molecule has 15 heavy (non-hydrogen) atoms. The molecule has 0 spiro atoms. The molecule has 0 fully saturated rings. The number of hydrogen-bond donors (Lipinski definition) is 1. The Morgan fingerprint density at radius 2 is 2.07 bits per heavy atom. The molecule has 80 valence electrons. The van der Waals surface area contributed by atoms with E-state index in [2.05, 4.69) is 12.1 Å². The Labute approximate surface area is 89.9 Å². The molecule has 3 nitrogen and oxygen atoms in total. The van der Waals surface area contributed by atoms with E-state index in [1.165, 1.54) is 11.1 Å². The van der Waals surface area contributed by atoms with Gasteiger partial charge in [0.05, 0.1) is 6.04 Å². The predicted octanol–water partition coefficient (Wildman–Crippen LogP) is 0.918. The number of fused-ring (bicyclic) bond motifs is 1. The van der Waals surface area contributed by atoms with Crippen molar-refractivity contribution in [2.45, 2.75) is 25.9 Å². The van der Waals surface area contributed by atoms with Crippen LogP contribution in [0, 0.1) is 0 Å². The molecule has 1 amide bonds. The van der Waals surface area contributed by atoms with E-state index in [1.54, 1.807) is 6.92 Å². The Kier molecular flexibility index (Phi) is 2.73. The quantitative estimate of drug-likeness (QED) is 0.739. The molecule has 0 aliphatic carbocycles. The highest BCUT2D eigenvalue weighted by Gasteiger charge is 2.22. The number of benzene rings is 1. The summed E-state index contributed by atoms with van der Waals surface area (Å²) in [5.41, 5.74) is 8.20. The summed E-state index contributed by atoms with van der Waals surface area (Å²) in [4.78, 5) is 13.5. The van der Waals surface area contributed by atoms with Crippen molar-refractivity contribution in [3.63, 3.8) is 0 Å². The number of nitrogens with zero attached hydrogens (tertiary/aromatic N) is 1. The van der Waals surface area contributed by atoms with Crippen LogP contribution < -0.4 is 5.73 Å². The lowest BCUT2D eigenvalue weighted by atomic mass is 9.99. The van der Waals surface area contributed by atoms with Crippen molar-refractivity contribution >= 4 is 5.91 Å². The van der Waals surface area contributed by atoms with Crippen LogP contribution in [0.1, 0.15) is 18.1 Å². The average molecular weight is 204 g/mol. The number of hydrogen-bond acceptors (Lipinski definition) is 2. The van der Waals surface area contributed by atoms with Gasteiger partial charge in [-0.05, 0) is 24.5 Å². The first kappa shape index (κ1) is 10.2. The highest BCUT2D eigenvalue weighted by molar-refractivity contribution is 5.81. The summed E-state index contributed by atoms with van der Waals surface area (Å²) in [6.45, 7) is 3.23. The van der Waals surface area contributed by atoms with Crippen LogP contribution in [0.15, 0.2) is 24.3 Å². The van der Waals surface area contributed by atoms with Crippen molar-refractivity contribution in [3.05, 3.63) is 35.4 Å². The van der Waals surface area contributed by atoms with Crippen molar-refractivity contribution in [1.82, 2.24) is 4.90 Å². The third-order valence-corrected chi connectivity index (χ3v) is 2.83. The molecule has 2 N–H and O–H groups in total. The molecule has 0 bridgehead atoms. The summed E-state index contributed by atoms with van der Waals surface area (Å²) in [6, 6.07) is 7.87. The van der Waals surface area contributed by atoms with Gasteiger partial charge in [-0.15, -0.1) is 0 Å². The number of carbonyl (C=O) groups excluding carboxylic acids is 1. The van der Waals surface area contributed by atoms with Gasteiger partial charge < -0.3 is 10.6 Å². The molecule has 0 radical (unpaired) electrons. The molecule has 2 rings (SSSR count). The summed E-state index contributed by atoms with van der Waals surface area (Å²) < 4.78 is 0. The molecule has 0 unspecified atom stereocenters. The van der Waals surface area contributed by atoms with Crippen LogP contribution in [-0.2, 0) is 17.8 Å². The third kappa shape index (κ3) is 2.02. The second kappa shape index (κ2) is 4.03. The molecule has 0 aromatic heterocycles. The summed E-state index contributed by atoms with van der Waals surface area (Å²) in [6.07, 6.45) is 0.939. The topological polar surface area (TPSA) is 46.3 Å². The minimum atomic E-state index is -0.393. The Balaban J connectivity index is 2.15. The monoisotopic (exact) mass is 204 g/mol. The first-order valence-corrected chi connectivity index (χ1v) is 5.29. The fourth-order valence-electron chi connectivity index (χ4n) is 1.97. The van der Waals surface area contributed by atoms with E-state index < -0.39 is 6.04 Å². The minimum absolute atomic E-state index is 0.0458. The molecular weight excluding hydrogens is 188 g/mol. The molecule has 1 aliphatic heterocycles. The zero-order chi connectivity index (χ0) is 10.8. The summed E-state index contributed by atoms with van der Waals surface area (Å²) in [7, 11) is 0. The lowest BCUT2D eigenvalue weighted by Gasteiger charge is -2.30. The van der Waals surface area contributed by atoms with Gasteiger partial charge in [-0.1, -0.05) is 24.3 Å².